The molecular formula is C18H23N3O3. The third kappa shape index (κ3) is 2.60. The molecule has 1 N–H and O–H groups in total. The summed E-state index contributed by atoms with van der Waals surface area (Å²) in [6.45, 7) is 6.85. The molecule has 6 heteroatoms. The molecular weight excluding hydrogens is 306 g/mol. The Morgan fingerprint density at radius 1 is 1.33 bits per heavy atom. The fourth-order valence-corrected chi connectivity index (χ4v) is 4.19. The molecule has 0 aliphatic heterocycles. The fourth-order valence-electron chi connectivity index (χ4n) is 4.19. The standard InChI is InChI=1S/C18H23N3O3/c1-17(2)13-8-9-18(17,3)15(11-13)19-20-16(22)10-12-4-6-14(7-5-12)21(23)24/h4-7,13H,8-11H2,1-3H3,(H,20,22)/b19-15+/t13-,18-/m0/s1. The van der Waals surface area contributed by atoms with Gasteiger partial charge in [-0.3, -0.25) is 14.9 Å². The minimum Gasteiger partial charge on any atom is -0.273 e. The number of hydrogen-bond acceptors (Lipinski definition) is 4. The van der Waals surface area contributed by atoms with E-state index in [-0.39, 0.29) is 28.8 Å². The molecule has 0 aromatic heterocycles. The van der Waals surface area contributed by atoms with E-state index in [1.54, 1.807) is 12.1 Å². The lowest BCUT2D eigenvalue weighted by atomic mass is 9.70. The second-order valence-electron chi connectivity index (χ2n) is 7.69. The van der Waals surface area contributed by atoms with Crippen LogP contribution in [0.2, 0.25) is 0 Å². The lowest BCUT2D eigenvalue weighted by molar-refractivity contribution is -0.384. The van der Waals surface area contributed by atoms with Gasteiger partial charge in [0.1, 0.15) is 0 Å². The first-order chi connectivity index (χ1) is 11.2. The zero-order valence-corrected chi connectivity index (χ0v) is 14.3. The van der Waals surface area contributed by atoms with E-state index in [1.165, 1.54) is 18.6 Å². The van der Waals surface area contributed by atoms with E-state index in [0.717, 1.165) is 24.1 Å². The number of nitro benzene ring substituents is 1. The second-order valence-corrected chi connectivity index (χ2v) is 7.69. The number of benzene rings is 1. The maximum Gasteiger partial charge on any atom is 0.269 e. The van der Waals surface area contributed by atoms with Crippen LogP contribution in [0.4, 0.5) is 5.69 Å². The van der Waals surface area contributed by atoms with Crippen molar-refractivity contribution < 1.29 is 9.72 Å². The molecule has 3 rings (SSSR count). The molecule has 2 aliphatic carbocycles. The molecule has 0 heterocycles. The van der Waals surface area contributed by atoms with Crippen molar-refractivity contribution in [2.24, 2.45) is 21.8 Å². The predicted octanol–water partition coefficient (Wildman–Crippen LogP) is 3.46. The zero-order valence-electron chi connectivity index (χ0n) is 14.3. The lowest BCUT2D eigenvalue weighted by Gasteiger charge is -2.34. The molecule has 2 fully saturated rings. The van der Waals surface area contributed by atoms with Crippen LogP contribution in [0.15, 0.2) is 29.4 Å². The van der Waals surface area contributed by atoms with Gasteiger partial charge in [-0.15, -0.1) is 0 Å². The first-order valence-corrected chi connectivity index (χ1v) is 8.33. The van der Waals surface area contributed by atoms with E-state index in [1.807, 2.05) is 0 Å². The molecule has 2 atom stereocenters. The lowest BCUT2D eigenvalue weighted by Crippen LogP contribution is -2.34. The zero-order chi connectivity index (χ0) is 17.5. The van der Waals surface area contributed by atoms with Gasteiger partial charge in [0, 0.05) is 23.3 Å². The molecule has 0 spiro atoms. The van der Waals surface area contributed by atoms with E-state index in [4.69, 9.17) is 0 Å². The predicted molar refractivity (Wildman–Crippen MR) is 91.6 cm³/mol. The summed E-state index contributed by atoms with van der Waals surface area (Å²) in [5.41, 5.74) is 4.83. The number of hydrazone groups is 1. The van der Waals surface area contributed by atoms with Crippen LogP contribution in [0.25, 0.3) is 0 Å². The van der Waals surface area contributed by atoms with Crippen LogP contribution in [0, 0.1) is 26.9 Å². The minimum absolute atomic E-state index is 0.0246. The highest BCUT2D eigenvalue weighted by molar-refractivity contribution is 5.95. The highest BCUT2D eigenvalue weighted by Gasteiger charge is 2.59. The summed E-state index contributed by atoms with van der Waals surface area (Å²) in [7, 11) is 0. The van der Waals surface area contributed by atoms with Crippen molar-refractivity contribution in [3.05, 3.63) is 39.9 Å². The number of carbonyl (C=O) groups is 1. The Kier molecular flexibility index (Phi) is 3.94. The van der Waals surface area contributed by atoms with Crippen LogP contribution in [-0.2, 0) is 11.2 Å². The Labute approximate surface area is 141 Å². The molecule has 0 radical (unpaired) electrons. The van der Waals surface area contributed by atoms with E-state index in [2.05, 4.69) is 31.3 Å². The average molecular weight is 329 g/mol. The number of nitrogens with zero attached hydrogens (tertiary/aromatic N) is 2. The van der Waals surface area contributed by atoms with Gasteiger partial charge in [0.25, 0.3) is 5.69 Å². The van der Waals surface area contributed by atoms with E-state index < -0.39 is 4.92 Å². The van der Waals surface area contributed by atoms with Crippen molar-refractivity contribution in [3.8, 4) is 0 Å². The number of non-ortho nitro benzene ring substituents is 1. The third-order valence-corrected chi connectivity index (χ3v) is 6.34. The number of amides is 1. The monoisotopic (exact) mass is 329 g/mol. The molecule has 128 valence electrons. The minimum atomic E-state index is -0.451. The maximum atomic E-state index is 12.1. The Bertz CT molecular complexity index is 709. The molecule has 2 saturated carbocycles. The molecule has 0 unspecified atom stereocenters. The molecule has 2 bridgehead atoms. The molecule has 1 aromatic rings. The van der Waals surface area contributed by atoms with Crippen LogP contribution in [0.3, 0.4) is 0 Å². The molecule has 1 amide bonds. The summed E-state index contributed by atoms with van der Waals surface area (Å²) in [5, 5.41) is 15.1. The van der Waals surface area contributed by atoms with Crippen molar-refractivity contribution in [1.29, 1.82) is 0 Å². The van der Waals surface area contributed by atoms with Crippen molar-refractivity contribution in [2.45, 2.75) is 46.5 Å². The van der Waals surface area contributed by atoms with Gasteiger partial charge in [-0.05, 0) is 36.2 Å². The number of nitrogens with one attached hydrogen (secondary N) is 1. The summed E-state index contributed by atoms with van der Waals surface area (Å²) in [6.07, 6.45) is 3.49. The van der Waals surface area contributed by atoms with Gasteiger partial charge in [0.2, 0.25) is 5.91 Å². The topological polar surface area (TPSA) is 84.6 Å². The largest absolute Gasteiger partial charge is 0.273 e. The molecule has 24 heavy (non-hydrogen) atoms. The van der Waals surface area contributed by atoms with Crippen LogP contribution in [-0.4, -0.2) is 16.5 Å². The number of carbonyl (C=O) groups excluding carboxylic acids is 1. The molecule has 1 aromatic carbocycles. The SMILES string of the molecule is CC1(C)[C@H]2CC[C@@]1(C)/C(=N/NC(=O)Cc1ccc([N+](=O)[O-])cc1)C2. The summed E-state index contributed by atoms with van der Waals surface area (Å²) in [6, 6.07) is 6.03. The quantitative estimate of drug-likeness (QED) is 0.678. The van der Waals surface area contributed by atoms with Crippen molar-refractivity contribution in [3.63, 3.8) is 0 Å². The molecule has 0 saturated heterocycles. The number of rotatable bonds is 4. The smallest absolute Gasteiger partial charge is 0.269 e. The number of nitro groups is 1. The second kappa shape index (κ2) is 5.69. The van der Waals surface area contributed by atoms with Gasteiger partial charge in [0.15, 0.2) is 0 Å². The van der Waals surface area contributed by atoms with Crippen LogP contribution < -0.4 is 5.43 Å². The highest BCUT2D eigenvalue weighted by atomic mass is 16.6. The van der Waals surface area contributed by atoms with Crippen molar-refractivity contribution in [1.82, 2.24) is 5.43 Å². The number of hydrogen-bond donors (Lipinski definition) is 1. The van der Waals surface area contributed by atoms with Gasteiger partial charge >= 0.3 is 0 Å². The average Bonchev–Trinajstić information content (AvgIpc) is 2.86. The molecule has 2 aliphatic rings. The van der Waals surface area contributed by atoms with Crippen molar-refractivity contribution in [2.75, 3.05) is 0 Å². The van der Waals surface area contributed by atoms with Gasteiger partial charge in [-0.25, -0.2) is 5.43 Å². The third-order valence-electron chi connectivity index (χ3n) is 6.34. The summed E-state index contributed by atoms with van der Waals surface area (Å²) >= 11 is 0. The maximum absolute atomic E-state index is 12.1. The van der Waals surface area contributed by atoms with Crippen molar-refractivity contribution >= 4 is 17.3 Å². The van der Waals surface area contributed by atoms with Crippen LogP contribution >= 0.6 is 0 Å². The van der Waals surface area contributed by atoms with Crippen LogP contribution in [0.5, 0.6) is 0 Å². The van der Waals surface area contributed by atoms with Gasteiger partial charge < -0.3 is 0 Å². The fraction of sp³-hybridized carbons (Fsp3) is 0.556. The van der Waals surface area contributed by atoms with Crippen LogP contribution in [0.1, 0.15) is 45.6 Å². The van der Waals surface area contributed by atoms with Gasteiger partial charge in [-0.1, -0.05) is 32.9 Å². The summed E-state index contributed by atoms with van der Waals surface area (Å²) in [5.74, 6) is 0.452. The van der Waals surface area contributed by atoms with E-state index in [0.29, 0.717) is 5.92 Å². The first kappa shape index (κ1) is 16.6. The van der Waals surface area contributed by atoms with Gasteiger partial charge in [-0.2, -0.15) is 5.10 Å². The Hall–Kier alpha value is -2.24. The summed E-state index contributed by atoms with van der Waals surface area (Å²) < 4.78 is 0. The van der Waals surface area contributed by atoms with E-state index in [9.17, 15) is 14.9 Å². The Morgan fingerprint density at radius 2 is 2.00 bits per heavy atom. The Balaban J connectivity index is 1.63. The number of fused-ring (bicyclic) bond motifs is 2. The summed E-state index contributed by atoms with van der Waals surface area (Å²) in [4.78, 5) is 22.3. The highest BCUT2D eigenvalue weighted by Crippen LogP contribution is 2.63. The Morgan fingerprint density at radius 3 is 2.50 bits per heavy atom. The van der Waals surface area contributed by atoms with E-state index >= 15 is 0 Å². The first-order valence-electron chi connectivity index (χ1n) is 8.33. The van der Waals surface area contributed by atoms with Gasteiger partial charge in [0.05, 0.1) is 11.3 Å². The molecule has 6 nitrogen and oxygen atoms in total. The normalized spacial score (nSPS) is 29.0.